The van der Waals surface area contributed by atoms with Crippen LogP contribution in [-0.4, -0.2) is 23.8 Å². The number of aliphatic hydroxyl groups is 1. The van der Waals surface area contributed by atoms with Gasteiger partial charge < -0.3 is 10.4 Å². The molecule has 0 spiro atoms. The van der Waals surface area contributed by atoms with Crippen molar-refractivity contribution in [2.45, 2.75) is 65.0 Å². The van der Waals surface area contributed by atoms with E-state index in [1.54, 1.807) is 0 Å². The highest BCUT2D eigenvalue weighted by molar-refractivity contribution is 4.65. The van der Waals surface area contributed by atoms with Crippen LogP contribution in [0.1, 0.15) is 52.9 Å². The molecule has 0 aliphatic heterocycles. The first-order chi connectivity index (χ1) is 6.24. The van der Waals surface area contributed by atoms with Crippen LogP contribution in [0.5, 0.6) is 0 Å². The van der Waals surface area contributed by atoms with E-state index in [-0.39, 0.29) is 6.10 Å². The zero-order valence-electron chi connectivity index (χ0n) is 9.34. The highest BCUT2D eigenvalue weighted by Crippen LogP contribution is 2.02. The summed E-state index contributed by atoms with van der Waals surface area (Å²) in [6.45, 7) is 7.40. The molecule has 0 aromatic rings. The Kier molecular flexibility index (Phi) is 8.46. The fourth-order valence-corrected chi connectivity index (χ4v) is 1.46. The van der Waals surface area contributed by atoms with Gasteiger partial charge in [-0.15, -0.1) is 0 Å². The van der Waals surface area contributed by atoms with Gasteiger partial charge in [0.1, 0.15) is 0 Å². The molecule has 0 aliphatic rings. The summed E-state index contributed by atoms with van der Waals surface area (Å²) >= 11 is 0. The summed E-state index contributed by atoms with van der Waals surface area (Å²) in [5, 5.41) is 12.8. The average Bonchev–Trinajstić information content (AvgIpc) is 2.16. The van der Waals surface area contributed by atoms with Gasteiger partial charge in [-0.3, -0.25) is 0 Å². The molecular weight excluding hydrogens is 162 g/mol. The van der Waals surface area contributed by atoms with Gasteiger partial charge in [0, 0.05) is 6.04 Å². The molecule has 2 unspecified atom stereocenters. The third-order valence-electron chi connectivity index (χ3n) is 2.51. The third-order valence-corrected chi connectivity index (χ3v) is 2.51. The molecule has 0 aromatic carbocycles. The summed E-state index contributed by atoms with van der Waals surface area (Å²) in [7, 11) is 0. The minimum atomic E-state index is -0.119. The van der Waals surface area contributed by atoms with Gasteiger partial charge in [-0.2, -0.15) is 0 Å². The van der Waals surface area contributed by atoms with Crippen LogP contribution >= 0.6 is 0 Å². The van der Waals surface area contributed by atoms with Gasteiger partial charge in [-0.25, -0.2) is 0 Å². The number of nitrogens with one attached hydrogen (secondary N) is 1. The Morgan fingerprint density at radius 1 is 1.08 bits per heavy atom. The van der Waals surface area contributed by atoms with Crippen LogP contribution in [0.2, 0.25) is 0 Å². The quantitative estimate of drug-likeness (QED) is 0.611. The van der Waals surface area contributed by atoms with Crippen molar-refractivity contribution in [1.29, 1.82) is 0 Å². The van der Waals surface area contributed by atoms with E-state index in [2.05, 4.69) is 19.2 Å². The van der Waals surface area contributed by atoms with E-state index in [0.29, 0.717) is 6.04 Å². The highest BCUT2D eigenvalue weighted by atomic mass is 16.3. The number of hydrogen-bond donors (Lipinski definition) is 2. The van der Waals surface area contributed by atoms with Gasteiger partial charge in [0.15, 0.2) is 0 Å². The van der Waals surface area contributed by atoms with Crippen LogP contribution in [0.15, 0.2) is 0 Å². The Morgan fingerprint density at radius 2 is 1.77 bits per heavy atom. The molecule has 0 aromatic heterocycles. The van der Waals surface area contributed by atoms with E-state index >= 15 is 0 Å². The van der Waals surface area contributed by atoms with E-state index in [0.717, 1.165) is 19.4 Å². The van der Waals surface area contributed by atoms with E-state index in [4.69, 9.17) is 0 Å². The van der Waals surface area contributed by atoms with Gasteiger partial charge in [0.05, 0.1) is 6.10 Å². The molecule has 2 N–H and O–H groups in total. The lowest BCUT2D eigenvalue weighted by Gasteiger charge is -2.17. The van der Waals surface area contributed by atoms with Crippen molar-refractivity contribution in [1.82, 2.24) is 5.32 Å². The van der Waals surface area contributed by atoms with Gasteiger partial charge in [-0.1, -0.05) is 27.2 Å². The summed E-state index contributed by atoms with van der Waals surface area (Å²) in [4.78, 5) is 0. The molecular formula is C11H25NO. The van der Waals surface area contributed by atoms with Crippen molar-refractivity contribution in [2.75, 3.05) is 6.54 Å². The van der Waals surface area contributed by atoms with Crippen LogP contribution in [0.25, 0.3) is 0 Å². The normalized spacial score (nSPS) is 15.7. The van der Waals surface area contributed by atoms with Gasteiger partial charge in [0.25, 0.3) is 0 Å². The lowest BCUT2D eigenvalue weighted by atomic mass is 10.1. The fourth-order valence-electron chi connectivity index (χ4n) is 1.46. The molecule has 2 nitrogen and oxygen atoms in total. The van der Waals surface area contributed by atoms with Crippen LogP contribution in [0.4, 0.5) is 0 Å². The van der Waals surface area contributed by atoms with Crippen LogP contribution in [-0.2, 0) is 0 Å². The zero-order valence-corrected chi connectivity index (χ0v) is 9.34. The molecule has 0 saturated heterocycles. The number of rotatable bonds is 8. The SMILES string of the molecule is CCCC(CC)NCCC(O)CC. The third kappa shape index (κ3) is 7.03. The Morgan fingerprint density at radius 3 is 2.23 bits per heavy atom. The summed E-state index contributed by atoms with van der Waals surface area (Å²) in [5.41, 5.74) is 0. The zero-order chi connectivity index (χ0) is 10.1. The van der Waals surface area contributed by atoms with Crippen molar-refractivity contribution < 1.29 is 5.11 Å². The topological polar surface area (TPSA) is 32.3 Å². The summed E-state index contributed by atoms with van der Waals surface area (Å²) in [5.74, 6) is 0. The molecule has 0 rings (SSSR count). The number of hydrogen-bond acceptors (Lipinski definition) is 2. The first-order valence-electron chi connectivity index (χ1n) is 5.65. The van der Waals surface area contributed by atoms with Gasteiger partial charge in [0.2, 0.25) is 0 Å². The van der Waals surface area contributed by atoms with Crippen LogP contribution in [0, 0.1) is 0 Å². The summed E-state index contributed by atoms with van der Waals surface area (Å²) < 4.78 is 0. The Balaban J connectivity index is 3.37. The lowest BCUT2D eigenvalue weighted by molar-refractivity contribution is 0.158. The van der Waals surface area contributed by atoms with E-state index < -0.39 is 0 Å². The summed E-state index contributed by atoms with van der Waals surface area (Å²) in [6, 6.07) is 0.647. The molecule has 0 fully saturated rings. The van der Waals surface area contributed by atoms with Crippen molar-refractivity contribution in [3.63, 3.8) is 0 Å². The predicted molar refractivity (Wildman–Crippen MR) is 57.9 cm³/mol. The molecule has 2 heteroatoms. The molecule has 80 valence electrons. The van der Waals surface area contributed by atoms with E-state index in [1.807, 2.05) is 6.92 Å². The lowest BCUT2D eigenvalue weighted by Crippen LogP contribution is -2.30. The largest absolute Gasteiger partial charge is 0.393 e. The predicted octanol–water partition coefficient (Wildman–Crippen LogP) is 2.32. The minimum absolute atomic E-state index is 0.119. The monoisotopic (exact) mass is 187 g/mol. The molecule has 0 aliphatic carbocycles. The maximum atomic E-state index is 9.33. The van der Waals surface area contributed by atoms with Crippen molar-refractivity contribution in [2.24, 2.45) is 0 Å². The van der Waals surface area contributed by atoms with E-state index in [1.165, 1.54) is 19.3 Å². The van der Waals surface area contributed by atoms with Gasteiger partial charge >= 0.3 is 0 Å². The summed E-state index contributed by atoms with van der Waals surface area (Å²) in [6.07, 6.45) is 5.31. The second kappa shape index (κ2) is 8.52. The Hall–Kier alpha value is -0.0800. The fraction of sp³-hybridized carbons (Fsp3) is 1.00. The molecule has 2 atom stereocenters. The maximum Gasteiger partial charge on any atom is 0.0549 e. The van der Waals surface area contributed by atoms with E-state index in [9.17, 15) is 5.11 Å². The number of aliphatic hydroxyl groups excluding tert-OH is 1. The van der Waals surface area contributed by atoms with Crippen molar-refractivity contribution in [3.05, 3.63) is 0 Å². The Labute approximate surface area is 82.7 Å². The maximum absolute atomic E-state index is 9.33. The minimum Gasteiger partial charge on any atom is -0.393 e. The molecule has 0 amide bonds. The molecule has 13 heavy (non-hydrogen) atoms. The van der Waals surface area contributed by atoms with Gasteiger partial charge in [-0.05, 0) is 32.2 Å². The van der Waals surface area contributed by atoms with Crippen molar-refractivity contribution >= 4 is 0 Å². The van der Waals surface area contributed by atoms with Crippen LogP contribution in [0.3, 0.4) is 0 Å². The molecule has 0 saturated carbocycles. The second-order valence-electron chi connectivity index (χ2n) is 3.70. The first-order valence-corrected chi connectivity index (χ1v) is 5.65. The average molecular weight is 187 g/mol. The molecule has 0 bridgehead atoms. The smallest absolute Gasteiger partial charge is 0.0549 e. The van der Waals surface area contributed by atoms with Crippen molar-refractivity contribution in [3.8, 4) is 0 Å². The first kappa shape index (κ1) is 12.9. The highest BCUT2D eigenvalue weighted by Gasteiger charge is 2.05. The second-order valence-corrected chi connectivity index (χ2v) is 3.70. The van der Waals surface area contributed by atoms with Crippen LogP contribution < -0.4 is 5.32 Å². The molecule has 0 radical (unpaired) electrons. The molecule has 0 heterocycles. The standard InChI is InChI=1S/C11H25NO/c1-4-7-10(5-2)12-9-8-11(13)6-3/h10-13H,4-9H2,1-3H3. The Bertz CT molecular complexity index is 106.